The van der Waals surface area contributed by atoms with Gasteiger partial charge >= 0.3 is 0 Å². The number of hydrogen-bond donors (Lipinski definition) is 0. The highest BCUT2D eigenvalue weighted by molar-refractivity contribution is 7.89. The molecular weight excluding hydrogens is 304 g/mol. The molecule has 7 heteroatoms. The van der Waals surface area contributed by atoms with Crippen LogP contribution in [0.25, 0.3) is 0 Å². The molecule has 2 amide bonds. The van der Waals surface area contributed by atoms with E-state index in [0.717, 1.165) is 12.8 Å². The molecule has 1 aromatic rings. The summed E-state index contributed by atoms with van der Waals surface area (Å²) in [6.45, 7) is 0.205. The van der Waals surface area contributed by atoms with Crippen LogP contribution in [0, 0.1) is 5.92 Å². The van der Waals surface area contributed by atoms with Crippen LogP contribution < -0.4 is 0 Å². The molecule has 1 fully saturated rings. The molecule has 1 aromatic carbocycles. The summed E-state index contributed by atoms with van der Waals surface area (Å²) in [6.07, 6.45) is 2.21. The third-order valence-electron chi connectivity index (χ3n) is 4.08. The summed E-state index contributed by atoms with van der Waals surface area (Å²) in [6, 6.07) is 6.61. The Hall–Kier alpha value is -1.89. The monoisotopic (exact) mass is 322 g/mol. The molecule has 0 saturated heterocycles. The number of amides is 2. The van der Waals surface area contributed by atoms with Gasteiger partial charge in [-0.25, -0.2) is 12.7 Å². The van der Waals surface area contributed by atoms with Crippen molar-refractivity contribution < 1.29 is 18.0 Å². The molecule has 0 spiro atoms. The largest absolute Gasteiger partial charge is 0.344 e. The van der Waals surface area contributed by atoms with Crippen molar-refractivity contribution in [1.82, 2.24) is 9.21 Å². The first-order chi connectivity index (χ1) is 10.4. The van der Waals surface area contributed by atoms with Gasteiger partial charge in [-0.05, 0) is 30.4 Å². The number of fused-ring (bicyclic) bond motifs is 1. The Morgan fingerprint density at radius 1 is 1.32 bits per heavy atom. The molecule has 118 valence electrons. The molecule has 22 heavy (non-hydrogen) atoms. The van der Waals surface area contributed by atoms with Crippen LogP contribution in [-0.2, 0) is 20.6 Å². The molecular formula is C15H18N2O4S. The summed E-state index contributed by atoms with van der Waals surface area (Å²) < 4.78 is 25.3. The molecule has 0 atom stereocenters. The van der Waals surface area contributed by atoms with Gasteiger partial charge in [-0.1, -0.05) is 18.2 Å². The van der Waals surface area contributed by atoms with Crippen molar-refractivity contribution in [3.05, 3.63) is 35.4 Å². The van der Waals surface area contributed by atoms with Crippen LogP contribution in [0.2, 0.25) is 0 Å². The number of hydrogen-bond acceptors (Lipinski definition) is 4. The predicted molar refractivity (Wildman–Crippen MR) is 80.5 cm³/mol. The van der Waals surface area contributed by atoms with Gasteiger partial charge in [-0.3, -0.25) is 9.59 Å². The van der Waals surface area contributed by atoms with E-state index < -0.39 is 22.5 Å². The van der Waals surface area contributed by atoms with Gasteiger partial charge in [-0.2, -0.15) is 0 Å². The molecule has 6 nitrogen and oxygen atoms in total. The molecule has 0 N–H and O–H groups in total. The first-order valence-electron chi connectivity index (χ1n) is 7.25. The van der Waals surface area contributed by atoms with E-state index in [1.807, 2.05) is 0 Å². The summed E-state index contributed by atoms with van der Waals surface area (Å²) in [7, 11) is -2.14. The lowest BCUT2D eigenvalue weighted by Gasteiger charge is -2.29. The molecule has 1 saturated carbocycles. The van der Waals surface area contributed by atoms with Gasteiger partial charge < -0.3 is 4.90 Å². The summed E-state index contributed by atoms with van der Waals surface area (Å²) in [5.74, 6) is -0.685. The number of rotatable bonds is 4. The van der Waals surface area contributed by atoms with Crippen LogP contribution in [-0.4, -0.2) is 49.6 Å². The minimum Gasteiger partial charge on any atom is -0.344 e. The van der Waals surface area contributed by atoms with Crippen LogP contribution >= 0.6 is 0 Å². The molecule has 3 rings (SSSR count). The highest BCUT2D eigenvalue weighted by Crippen LogP contribution is 2.29. The average Bonchev–Trinajstić information content (AvgIpc) is 3.26. The van der Waals surface area contributed by atoms with Gasteiger partial charge in [0.15, 0.2) is 0 Å². The molecule has 0 unspecified atom stereocenters. The molecule has 1 aliphatic heterocycles. The van der Waals surface area contributed by atoms with E-state index in [2.05, 4.69) is 0 Å². The van der Waals surface area contributed by atoms with Crippen LogP contribution in [0.15, 0.2) is 24.3 Å². The van der Waals surface area contributed by atoms with E-state index in [-0.39, 0.29) is 11.7 Å². The van der Waals surface area contributed by atoms with Crippen LogP contribution in [0.4, 0.5) is 0 Å². The lowest BCUT2D eigenvalue weighted by Crippen LogP contribution is -2.47. The van der Waals surface area contributed by atoms with Crippen molar-refractivity contribution in [2.24, 2.45) is 5.92 Å². The van der Waals surface area contributed by atoms with Crippen molar-refractivity contribution in [2.75, 3.05) is 20.1 Å². The van der Waals surface area contributed by atoms with Crippen molar-refractivity contribution in [3.8, 4) is 0 Å². The van der Waals surface area contributed by atoms with Gasteiger partial charge in [0.05, 0.1) is 5.75 Å². The predicted octanol–water partition coefficient (Wildman–Crippen LogP) is 0.841. The van der Waals surface area contributed by atoms with Crippen molar-refractivity contribution >= 4 is 21.8 Å². The second kappa shape index (κ2) is 5.39. The smallest absolute Gasteiger partial charge is 0.268 e. The average molecular weight is 322 g/mol. The third-order valence-corrected chi connectivity index (χ3v) is 5.72. The van der Waals surface area contributed by atoms with E-state index in [1.165, 1.54) is 4.90 Å². The Bertz CT molecular complexity index is 725. The third kappa shape index (κ3) is 2.85. The SMILES string of the molecule is CN(CC1CC1)C(=O)CN1C(=O)c2ccccc2CS1(=O)=O. The Morgan fingerprint density at radius 3 is 2.68 bits per heavy atom. The quantitative estimate of drug-likeness (QED) is 0.823. The van der Waals surface area contributed by atoms with Gasteiger partial charge in [0.25, 0.3) is 5.91 Å². The molecule has 0 aromatic heterocycles. The first-order valence-corrected chi connectivity index (χ1v) is 8.86. The summed E-state index contributed by atoms with van der Waals surface area (Å²) in [5.41, 5.74) is 0.845. The maximum absolute atomic E-state index is 12.4. The van der Waals surface area contributed by atoms with Gasteiger partial charge in [0.1, 0.15) is 6.54 Å². The van der Waals surface area contributed by atoms with E-state index in [1.54, 1.807) is 31.3 Å². The number of likely N-dealkylation sites (N-methyl/N-ethyl adjacent to an activating group) is 1. The molecule has 1 aliphatic carbocycles. The van der Waals surface area contributed by atoms with Crippen molar-refractivity contribution in [2.45, 2.75) is 18.6 Å². The Kier molecular flexibility index (Phi) is 3.68. The minimum absolute atomic E-state index is 0.242. The van der Waals surface area contributed by atoms with Gasteiger partial charge in [0, 0.05) is 19.2 Å². The minimum atomic E-state index is -3.79. The van der Waals surface area contributed by atoms with Crippen molar-refractivity contribution in [1.29, 1.82) is 0 Å². The number of nitrogens with zero attached hydrogens (tertiary/aromatic N) is 2. The zero-order chi connectivity index (χ0) is 15.9. The molecule has 0 bridgehead atoms. The van der Waals surface area contributed by atoms with Gasteiger partial charge in [0.2, 0.25) is 15.9 Å². The van der Waals surface area contributed by atoms with E-state index in [9.17, 15) is 18.0 Å². The molecule has 0 radical (unpaired) electrons. The van der Waals surface area contributed by atoms with E-state index in [0.29, 0.717) is 27.9 Å². The number of carbonyl (C=O) groups is 2. The number of benzene rings is 1. The summed E-state index contributed by atoms with van der Waals surface area (Å²) >= 11 is 0. The Morgan fingerprint density at radius 2 is 2.00 bits per heavy atom. The maximum atomic E-state index is 12.4. The summed E-state index contributed by atoms with van der Waals surface area (Å²) in [5, 5.41) is 0. The highest BCUT2D eigenvalue weighted by atomic mass is 32.2. The number of sulfonamides is 1. The Balaban J connectivity index is 1.80. The van der Waals surface area contributed by atoms with Crippen LogP contribution in [0.1, 0.15) is 28.8 Å². The van der Waals surface area contributed by atoms with Crippen LogP contribution in [0.5, 0.6) is 0 Å². The van der Waals surface area contributed by atoms with Crippen molar-refractivity contribution in [3.63, 3.8) is 0 Å². The zero-order valence-corrected chi connectivity index (χ0v) is 13.2. The lowest BCUT2D eigenvalue weighted by atomic mass is 10.1. The first kappa shape index (κ1) is 15.0. The van der Waals surface area contributed by atoms with E-state index in [4.69, 9.17) is 0 Å². The van der Waals surface area contributed by atoms with E-state index >= 15 is 0 Å². The maximum Gasteiger partial charge on any atom is 0.268 e. The fraction of sp³-hybridized carbons (Fsp3) is 0.467. The molecule has 2 aliphatic rings. The number of carbonyl (C=O) groups excluding carboxylic acids is 2. The Labute approximate surface area is 129 Å². The van der Waals surface area contributed by atoms with Gasteiger partial charge in [-0.15, -0.1) is 0 Å². The fourth-order valence-electron chi connectivity index (χ4n) is 2.59. The second-order valence-corrected chi connectivity index (χ2v) is 7.84. The fourth-order valence-corrected chi connectivity index (χ4v) is 4.05. The highest BCUT2D eigenvalue weighted by Gasteiger charge is 2.37. The normalized spacial score (nSPS) is 19.7. The second-order valence-electron chi connectivity index (χ2n) is 5.94. The van der Waals surface area contributed by atoms with Crippen LogP contribution in [0.3, 0.4) is 0 Å². The standard InChI is InChI=1S/C15H18N2O4S/c1-16(8-11-6-7-11)14(18)9-17-15(19)13-5-3-2-4-12(13)10-22(17,20)21/h2-5,11H,6-10H2,1H3. The zero-order valence-electron chi connectivity index (χ0n) is 12.4. The summed E-state index contributed by atoms with van der Waals surface area (Å²) in [4.78, 5) is 26.1. The lowest BCUT2D eigenvalue weighted by molar-refractivity contribution is -0.130. The topological polar surface area (TPSA) is 74.8 Å². The molecule has 1 heterocycles.